The summed E-state index contributed by atoms with van der Waals surface area (Å²) in [5, 5.41) is 5.50. The lowest BCUT2D eigenvalue weighted by Gasteiger charge is -2.32. The Bertz CT molecular complexity index is 1440. The first-order chi connectivity index (χ1) is 20.0. The van der Waals surface area contributed by atoms with Crippen LogP contribution in [0.25, 0.3) is 0 Å². The first-order valence-electron chi connectivity index (χ1n) is 13.9. The second-order valence-corrected chi connectivity index (χ2v) is 12.6. The van der Waals surface area contributed by atoms with Gasteiger partial charge in [0.25, 0.3) is 5.91 Å². The highest BCUT2D eigenvalue weighted by molar-refractivity contribution is 7.89. The highest BCUT2D eigenvalue weighted by atomic mass is 32.2. The average molecular weight is 597 g/mol. The molecule has 0 spiro atoms. The zero-order chi connectivity index (χ0) is 30.2. The zero-order valence-electron chi connectivity index (χ0n) is 23.8. The van der Waals surface area contributed by atoms with Crippen LogP contribution >= 0.6 is 0 Å². The van der Waals surface area contributed by atoms with Gasteiger partial charge in [0.1, 0.15) is 11.9 Å². The Labute approximate surface area is 246 Å². The normalized spacial score (nSPS) is 15.1. The van der Waals surface area contributed by atoms with Gasteiger partial charge in [0.15, 0.2) is 0 Å². The van der Waals surface area contributed by atoms with E-state index in [4.69, 9.17) is 4.74 Å². The molecule has 3 aromatic rings. The molecule has 0 saturated carbocycles. The number of halogens is 1. The van der Waals surface area contributed by atoms with Crippen molar-refractivity contribution in [1.29, 1.82) is 0 Å². The second-order valence-electron chi connectivity index (χ2n) is 10.9. The van der Waals surface area contributed by atoms with Crippen molar-refractivity contribution in [1.82, 2.24) is 14.9 Å². The quantitative estimate of drug-likeness (QED) is 0.294. The van der Waals surface area contributed by atoms with Crippen molar-refractivity contribution in [2.24, 2.45) is 0 Å². The van der Waals surface area contributed by atoms with Crippen LogP contribution < -0.4 is 15.4 Å². The van der Waals surface area contributed by atoms with Crippen molar-refractivity contribution < 1.29 is 27.1 Å². The Morgan fingerprint density at radius 2 is 1.60 bits per heavy atom. The van der Waals surface area contributed by atoms with Crippen LogP contribution in [-0.2, 0) is 26.0 Å². The Morgan fingerprint density at radius 1 is 0.952 bits per heavy atom. The number of nitrogens with zero attached hydrogens (tertiary/aromatic N) is 1. The monoisotopic (exact) mass is 596 g/mol. The van der Waals surface area contributed by atoms with Gasteiger partial charge in [-0.05, 0) is 74.4 Å². The van der Waals surface area contributed by atoms with Gasteiger partial charge in [-0.15, -0.1) is 0 Å². The largest absolute Gasteiger partial charge is 0.379 e. The molecule has 1 heterocycles. The van der Waals surface area contributed by atoms with E-state index in [1.165, 1.54) is 48.5 Å². The maximum atomic E-state index is 13.3. The third-order valence-electron chi connectivity index (χ3n) is 7.01. The number of sulfonamides is 1. The van der Waals surface area contributed by atoms with Gasteiger partial charge >= 0.3 is 0 Å². The number of ether oxygens (including phenoxy) is 1. The standard InChI is InChI=1S/C31H37FN4O5S/c1-31(2,16-17-36-18-20-41-21-19-36)35-42(39,40)27-14-12-26(13-15-27)33-30(38)28(22-23-6-4-3-5-7-23)34-29(37)24-8-10-25(32)11-9-24/h3-15,28,35H,16-22H2,1-2H3,(H,33,38)(H,34,37). The third kappa shape index (κ3) is 9.18. The van der Waals surface area contributed by atoms with E-state index in [-0.39, 0.29) is 16.9 Å². The summed E-state index contributed by atoms with van der Waals surface area (Å²) in [5.74, 6) is -1.47. The van der Waals surface area contributed by atoms with E-state index in [2.05, 4.69) is 20.3 Å². The van der Waals surface area contributed by atoms with Crippen LogP contribution in [0.4, 0.5) is 10.1 Å². The van der Waals surface area contributed by atoms with Crippen LogP contribution in [0, 0.1) is 5.82 Å². The van der Waals surface area contributed by atoms with Crippen LogP contribution in [0.1, 0.15) is 36.2 Å². The SMILES string of the molecule is CC(C)(CCN1CCOCC1)NS(=O)(=O)c1ccc(NC(=O)C(Cc2ccccc2)NC(=O)c2ccc(F)cc2)cc1. The van der Waals surface area contributed by atoms with Crippen LogP contribution in [0.2, 0.25) is 0 Å². The molecule has 0 radical (unpaired) electrons. The van der Waals surface area contributed by atoms with Crippen molar-refractivity contribution in [2.75, 3.05) is 38.2 Å². The molecular formula is C31H37FN4O5S. The third-order valence-corrected chi connectivity index (χ3v) is 8.72. The summed E-state index contributed by atoms with van der Waals surface area (Å²) in [7, 11) is -3.81. The molecule has 0 aliphatic carbocycles. The van der Waals surface area contributed by atoms with Gasteiger partial charge < -0.3 is 15.4 Å². The summed E-state index contributed by atoms with van der Waals surface area (Å²) >= 11 is 0. The molecule has 0 bridgehead atoms. The number of hydrogen-bond donors (Lipinski definition) is 3. The molecule has 1 saturated heterocycles. The first-order valence-corrected chi connectivity index (χ1v) is 15.3. The highest BCUT2D eigenvalue weighted by Gasteiger charge is 2.28. The van der Waals surface area contributed by atoms with Gasteiger partial charge in [-0.2, -0.15) is 0 Å². The van der Waals surface area contributed by atoms with Gasteiger partial charge in [0, 0.05) is 42.8 Å². The number of rotatable bonds is 12. The summed E-state index contributed by atoms with van der Waals surface area (Å²) < 4.78 is 47.7. The maximum Gasteiger partial charge on any atom is 0.251 e. The maximum absolute atomic E-state index is 13.3. The molecule has 1 aliphatic rings. The molecule has 4 rings (SSSR count). The number of nitrogens with one attached hydrogen (secondary N) is 3. The van der Waals surface area contributed by atoms with E-state index in [1.807, 2.05) is 44.2 Å². The molecule has 1 atom stereocenters. The Hall–Kier alpha value is -3.64. The summed E-state index contributed by atoms with van der Waals surface area (Å²) in [6, 6.07) is 19.2. The number of carbonyl (C=O) groups excluding carboxylic acids is 2. The number of amides is 2. The molecule has 2 amide bonds. The van der Waals surface area contributed by atoms with Crippen molar-refractivity contribution in [3.63, 3.8) is 0 Å². The fourth-order valence-corrected chi connectivity index (χ4v) is 6.03. The van der Waals surface area contributed by atoms with E-state index in [0.29, 0.717) is 25.3 Å². The molecule has 9 nitrogen and oxygen atoms in total. The van der Waals surface area contributed by atoms with Gasteiger partial charge in [-0.25, -0.2) is 17.5 Å². The van der Waals surface area contributed by atoms with Crippen molar-refractivity contribution in [3.8, 4) is 0 Å². The number of carbonyl (C=O) groups is 2. The Balaban J connectivity index is 1.40. The van der Waals surface area contributed by atoms with Crippen molar-refractivity contribution in [2.45, 2.75) is 43.2 Å². The molecule has 11 heteroatoms. The summed E-state index contributed by atoms with van der Waals surface area (Å²) in [6.45, 7) is 7.49. The molecule has 3 N–H and O–H groups in total. The molecule has 42 heavy (non-hydrogen) atoms. The fraction of sp³-hybridized carbons (Fsp3) is 0.355. The topological polar surface area (TPSA) is 117 Å². The molecule has 1 aliphatic heterocycles. The van der Waals surface area contributed by atoms with E-state index in [0.717, 1.165) is 25.2 Å². The highest BCUT2D eigenvalue weighted by Crippen LogP contribution is 2.19. The van der Waals surface area contributed by atoms with Crippen molar-refractivity contribution in [3.05, 3.63) is 95.8 Å². The minimum absolute atomic E-state index is 0.0744. The fourth-order valence-electron chi connectivity index (χ4n) is 4.58. The molecule has 1 fully saturated rings. The van der Waals surface area contributed by atoms with Crippen LogP contribution in [-0.4, -0.2) is 69.6 Å². The van der Waals surface area contributed by atoms with E-state index < -0.39 is 39.2 Å². The molecular weight excluding hydrogens is 559 g/mol. The Kier molecular flexibility index (Phi) is 10.4. The zero-order valence-corrected chi connectivity index (χ0v) is 24.6. The number of hydrogen-bond acceptors (Lipinski definition) is 6. The van der Waals surface area contributed by atoms with Gasteiger partial charge in [0.05, 0.1) is 18.1 Å². The molecule has 1 unspecified atom stereocenters. The van der Waals surface area contributed by atoms with E-state index in [1.54, 1.807) is 0 Å². The summed E-state index contributed by atoms with van der Waals surface area (Å²) in [5.41, 5.74) is 0.759. The molecule has 3 aromatic carbocycles. The lowest BCUT2D eigenvalue weighted by Crippen LogP contribution is -2.47. The Morgan fingerprint density at radius 3 is 2.24 bits per heavy atom. The van der Waals surface area contributed by atoms with E-state index >= 15 is 0 Å². The lowest BCUT2D eigenvalue weighted by atomic mass is 10.0. The van der Waals surface area contributed by atoms with Gasteiger partial charge in [0.2, 0.25) is 15.9 Å². The number of benzene rings is 3. The number of morpholine rings is 1. The summed E-state index contributed by atoms with van der Waals surface area (Å²) in [6.07, 6.45) is 0.850. The predicted octanol–water partition coefficient (Wildman–Crippen LogP) is 3.58. The van der Waals surface area contributed by atoms with Gasteiger partial charge in [-0.1, -0.05) is 30.3 Å². The minimum Gasteiger partial charge on any atom is -0.379 e. The summed E-state index contributed by atoms with van der Waals surface area (Å²) in [4.78, 5) is 28.4. The smallest absolute Gasteiger partial charge is 0.251 e. The van der Waals surface area contributed by atoms with Crippen LogP contribution in [0.3, 0.4) is 0 Å². The predicted molar refractivity (Wildman–Crippen MR) is 159 cm³/mol. The van der Waals surface area contributed by atoms with Gasteiger partial charge in [-0.3, -0.25) is 14.5 Å². The average Bonchev–Trinajstić information content (AvgIpc) is 2.97. The van der Waals surface area contributed by atoms with Crippen LogP contribution in [0.5, 0.6) is 0 Å². The number of anilines is 1. The van der Waals surface area contributed by atoms with Crippen LogP contribution in [0.15, 0.2) is 83.8 Å². The lowest BCUT2D eigenvalue weighted by molar-refractivity contribution is -0.118. The van der Waals surface area contributed by atoms with E-state index in [9.17, 15) is 22.4 Å². The first kappa shape index (κ1) is 31.3. The minimum atomic E-state index is -3.81. The molecule has 224 valence electrons. The molecule has 0 aromatic heterocycles. The second kappa shape index (κ2) is 14.0. The van der Waals surface area contributed by atoms with Crippen molar-refractivity contribution >= 4 is 27.5 Å².